The van der Waals surface area contributed by atoms with Crippen LogP contribution in [0.5, 0.6) is 11.5 Å². The van der Waals surface area contributed by atoms with Crippen molar-refractivity contribution >= 4 is 17.3 Å². The first kappa shape index (κ1) is 15.3. The van der Waals surface area contributed by atoms with Gasteiger partial charge in [-0.25, -0.2) is 0 Å². The Labute approximate surface area is 125 Å². The van der Waals surface area contributed by atoms with Crippen molar-refractivity contribution < 1.29 is 9.47 Å². The van der Waals surface area contributed by atoms with Gasteiger partial charge >= 0.3 is 0 Å². The predicted octanol–water partition coefficient (Wildman–Crippen LogP) is 2.92. The van der Waals surface area contributed by atoms with Crippen LogP contribution in [0.2, 0.25) is 5.02 Å². The summed E-state index contributed by atoms with van der Waals surface area (Å²) in [6.45, 7) is 5.30. The molecule has 2 rings (SSSR count). The minimum absolute atomic E-state index is 0.251. The Morgan fingerprint density at radius 2 is 1.85 bits per heavy atom. The van der Waals surface area contributed by atoms with E-state index in [0.717, 1.165) is 24.4 Å². The van der Waals surface area contributed by atoms with Crippen LogP contribution in [0.1, 0.15) is 20.3 Å². The first-order valence-corrected chi connectivity index (χ1v) is 7.31. The van der Waals surface area contributed by atoms with E-state index in [1.807, 2.05) is 12.1 Å². The maximum Gasteiger partial charge on any atom is 0.143 e. The molecule has 0 bridgehead atoms. The average Bonchev–Trinajstić information content (AvgIpc) is 2.45. The second-order valence-corrected chi connectivity index (χ2v) is 5.81. The monoisotopic (exact) mass is 298 g/mol. The third kappa shape index (κ3) is 2.67. The fourth-order valence-corrected chi connectivity index (χ4v) is 3.04. The van der Waals surface area contributed by atoms with Crippen LogP contribution in [-0.4, -0.2) is 32.8 Å². The first-order chi connectivity index (χ1) is 9.49. The highest BCUT2D eigenvalue weighted by Gasteiger charge is 2.32. The highest BCUT2D eigenvalue weighted by atomic mass is 35.5. The zero-order chi connectivity index (χ0) is 14.9. The molecule has 1 aromatic rings. The third-order valence-electron chi connectivity index (χ3n) is 4.39. The van der Waals surface area contributed by atoms with Crippen LogP contribution < -0.4 is 20.1 Å². The van der Waals surface area contributed by atoms with Gasteiger partial charge in [0.25, 0.3) is 0 Å². The van der Waals surface area contributed by atoms with Gasteiger partial charge in [-0.15, -0.1) is 0 Å². The van der Waals surface area contributed by atoms with Gasteiger partial charge in [0.05, 0.1) is 24.9 Å². The van der Waals surface area contributed by atoms with Crippen LogP contribution in [0.25, 0.3) is 0 Å². The van der Waals surface area contributed by atoms with Crippen molar-refractivity contribution in [1.82, 2.24) is 0 Å². The lowest BCUT2D eigenvalue weighted by molar-refractivity contribution is 0.312. The molecule has 0 amide bonds. The topological polar surface area (TPSA) is 47.7 Å². The molecule has 0 aromatic heterocycles. The summed E-state index contributed by atoms with van der Waals surface area (Å²) in [4.78, 5) is 2.33. The lowest BCUT2D eigenvalue weighted by Gasteiger charge is -2.43. The lowest BCUT2D eigenvalue weighted by Crippen LogP contribution is -2.52. The average molecular weight is 299 g/mol. The third-order valence-corrected chi connectivity index (χ3v) is 4.69. The molecule has 2 N–H and O–H groups in total. The van der Waals surface area contributed by atoms with Crippen molar-refractivity contribution in [3.8, 4) is 11.5 Å². The Morgan fingerprint density at radius 3 is 2.45 bits per heavy atom. The summed E-state index contributed by atoms with van der Waals surface area (Å²) in [5, 5.41) is 0.558. The second-order valence-electron chi connectivity index (χ2n) is 5.40. The van der Waals surface area contributed by atoms with E-state index in [0.29, 0.717) is 22.7 Å². The number of hydrogen-bond donors (Lipinski definition) is 1. The summed E-state index contributed by atoms with van der Waals surface area (Å²) < 4.78 is 10.8. The molecule has 1 saturated heterocycles. The molecule has 1 heterocycles. The molecule has 0 saturated carbocycles. The minimum Gasteiger partial charge on any atom is -0.495 e. The van der Waals surface area contributed by atoms with Gasteiger partial charge in [-0.1, -0.05) is 18.5 Å². The van der Waals surface area contributed by atoms with Gasteiger partial charge in [0.1, 0.15) is 11.5 Å². The summed E-state index contributed by atoms with van der Waals surface area (Å²) in [5.41, 5.74) is 7.17. The minimum atomic E-state index is 0.251. The van der Waals surface area contributed by atoms with Crippen molar-refractivity contribution in [2.75, 3.05) is 25.7 Å². The van der Waals surface area contributed by atoms with Crippen LogP contribution in [0.15, 0.2) is 12.1 Å². The van der Waals surface area contributed by atoms with Crippen molar-refractivity contribution in [1.29, 1.82) is 0 Å². The fourth-order valence-electron chi connectivity index (χ4n) is 2.80. The van der Waals surface area contributed by atoms with Crippen LogP contribution in [-0.2, 0) is 0 Å². The van der Waals surface area contributed by atoms with Gasteiger partial charge in [-0.2, -0.15) is 0 Å². The van der Waals surface area contributed by atoms with Crippen molar-refractivity contribution in [2.45, 2.75) is 32.4 Å². The maximum absolute atomic E-state index is 6.16. The molecule has 0 aliphatic carbocycles. The predicted molar refractivity (Wildman–Crippen MR) is 83.1 cm³/mol. The molecule has 3 unspecified atom stereocenters. The molecule has 5 heteroatoms. The Hall–Kier alpha value is -1.13. The summed E-state index contributed by atoms with van der Waals surface area (Å²) in [5.74, 6) is 1.86. The van der Waals surface area contributed by atoms with Gasteiger partial charge in [0.2, 0.25) is 0 Å². The molecular weight excluding hydrogens is 276 g/mol. The highest BCUT2D eigenvalue weighted by molar-refractivity contribution is 6.32. The molecule has 3 atom stereocenters. The lowest BCUT2D eigenvalue weighted by atomic mass is 9.87. The van der Waals surface area contributed by atoms with E-state index in [1.165, 1.54) is 0 Å². The van der Waals surface area contributed by atoms with Crippen LogP contribution >= 0.6 is 11.6 Å². The molecule has 1 aliphatic heterocycles. The number of piperidine rings is 1. The Bertz CT molecular complexity index is 481. The van der Waals surface area contributed by atoms with E-state index in [4.69, 9.17) is 26.8 Å². The largest absolute Gasteiger partial charge is 0.495 e. The maximum atomic E-state index is 6.16. The van der Waals surface area contributed by atoms with E-state index < -0.39 is 0 Å². The normalized spacial score (nSPS) is 26.5. The van der Waals surface area contributed by atoms with E-state index in [1.54, 1.807) is 14.2 Å². The Morgan fingerprint density at radius 1 is 1.20 bits per heavy atom. The zero-order valence-corrected chi connectivity index (χ0v) is 13.3. The molecule has 1 aliphatic rings. The first-order valence-electron chi connectivity index (χ1n) is 6.93. The number of hydrogen-bond acceptors (Lipinski definition) is 4. The van der Waals surface area contributed by atoms with Crippen LogP contribution in [0.3, 0.4) is 0 Å². The summed E-state index contributed by atoms with van der Waals surface area (Å²) >= 11 is 6.16. The number of rotatable bonds is 3. The smallest absolute Gasteiger partial charge is 0.143 e. The summed E-state index contributed by atoms with van der Waals surface area (Å²) in [7, 11) is 3.28. The van der Waals surface area contributed by atoms with Gasteiger partial charge in [-0.3, -0.25) is 0 Å². The van der Waals surface area contributed by atoms with E-state index >= 15 is 0 Å². The number of ether oxygens (including phenoxy) is 2. The molecule has 112 valence electrons. The standard InChI is InChI=1S/C15H23ClN2O2/c1-9-10(2)18(6-5-12(9)17)13-8-14(19-3)11(16)7-15(13)20-4/h7-10,12H,5-6,17H2,1-4H3. The Kier molecular flexibility index (Phi) is 4.66. The SMILES string of the molecule is COc1cc(N2CCC(N)C(C)C2C)c(OC)cc1Cl. The number of halogens is 1. The van der Waals surface area contributed by atoms with Crippen molar-refractivity contribution in [3.05, 3.63) is 17.2 Å². The number of nitrogens with zero attached hydrogens (tertiary/aromatic N) is 1. The molecule has 0 radical (unpaired) electrons. The second kappa shape index (κ2) is 6.10. The fraction of sp³-hybridized carbons (Fsp3) is 0.600. The molecular formula is C15H23ClN2O2. The van der Waals surface area contributed by atoms with Gasteiger partial charge < -0.3 is 20.1 Å². The molecule has 0 spiro atoms. The molecule has 4 nitrogen and oxygen atoms in total. The van der Waals surface area contributed by atoms with Crippen molar-refractivity contribution in [3.63, 3.8) is 0 Å². The van der Waals surface area contributed by atoms with Crippen LogP contribution in [0, 0.1) is 5.92 Å². The quantitative estimate of drug-likeness (QED) is 0.932. The summed E-state index contributed by atoms with van der Waals surface area (Å²) in [6.07, 6.45) is 0.972. The highest BCUT2D eigenvalue weighted by Crippen LogP contribution is 2.40. The van der Waals surface area contributed by atoms with E-state index in [2.05, 4.69) is 18.7 Å². The summed E-state index contributed by atoms with van der Waals surface area (Å²) in [6, 6.07) is 4.35. The number of methoxy groups -OCH3 is 2. The molecule has 20 heavy (non-hydrogen) atoms. The van der Waals surface area contributed by atoms with Crippen molar-refractivity contribution in [2.24, 2.45) is 11.7 Å². The number of nitrogens with two attached hydrogens (primary N) is 1. The van der Waals surface area contributed by atoms with Gasteiger partial charge in [0, 0.05) is 30.8 Å². The Balaban J connectivity index is 2.40. The van der Waals surface area contributed by atoms with E-state index in [-0.39, 0.29) is 6.04 Å². The van der Waals surface area contributed by atoms with E-state index in [9.17, 15) is 0 Å². The number of benzene rings is 1. The zero-order valence-electron chi connectivity index (χ0n) is 12.5. The molecule has 1 aromatic carbocycles. The van der Waals surface area contributed by atoms with Crippen LogP contribution in [0.4, 0.5) is 5.69 Å². The number of anilines is 1. The van der Waals surface area contributed by atoms with Gasteiger partial charge in [0.15, 0.2) is 0 Å². The van der Waals surface area contributed by atoms with Gasteiger partial charge in [-0.05, 0) is 19.3 Å². The molecule has 1 fully saturated rings.